The molecule has 0 atom stereocenters. The summed E-state index contributed by atoms with van der Waals surface area (Å²) in [4.78, 5) is 2.10. The molecule has 3 nitrogen and oxygen atoms in total. The van der Waals surface area contributed by atoms with E-state index in [1.807, 2.05) is 14.1 Å². The van der Waals surface area contributed by atoms with Crippen LogP contribution in [0.3, 0.4) is 0 Å². The Balaban J connectivity index is 0. The van der Waals surface area contributed by atoms with Gasteiger partial charge in [-0.1, -0.05) is 0 Å². The predicted octanol–water partition coefficient (Wildman–Crippen LogP) is -0.497. The number of halogens is 1. The second kappa shape index (κ2) is 7.28. The minimum Gasteiger partial charge on any atom is -0.330 e. The molecule has 0 aromatic heterocycles. The van der Waals surface area contributed by atoms with Crippen molar-refractivity contribution in [2.24, 2.45) is 17.4 Å². The summed E-state index contributed by atoms with van der Waals surface area (Å²) < 4.78 is 0. The molecule has 0 aromatic rings. The molecule has 0 amide bonds. The number of rotatable bonds is 4. The van der Waals surface area contributed by atoms with Crippen LogP contribution in [-0.4, -0.2) is 38.6 Å². The zero-order valence-corrected chi connectivity index (χ0v) is 7.53. The van der Waals surface area contributed by atoms with E-state index < -0.39 is 0 Å². The molecular formula is C6H18ClN3. The highest BCUT2D eigenvalue weighted by Gasteiger charge is 2.03. The van der Waals surface area contributed by atoms with Crippen LogP contribution in [0.15, 0.2) is 0 Å². The smallest absolute Gasteiger partial charge is 0.00277 e. The molecule has 0 fully saturated rings. The van der Waals surface area contributed by atoms with Crippen molar-refractivity contribution >= 4 is 12.4 Å². The fraction of sp³-hybridized carbons (Fsp3) is 1.00. The fourth-order valence-electron chi connectivity index (χ4n) is 0.762. The van der Waals surface area contributed by atoms with Crippen LogP contribution in [0.2, 0.25) is 0 Å². The summed E-state index contributed by atoms with van der Waals surface area (Å²) in [7, 11) is 4.05. The standard InChI is InChI=1S/C6H17N3.ClH/c1-9(2)5-6(3-7)4-8;/h6H,3-5,7-8H2,1-2H3;1H. The van der Waals surface area contributed by atoms with Gasteiger partial charge in [-0.05, 0) is 33.1 Å². The fourth-order valence-corrected chi connectivity index (χ4v) is 0.762. The predicted molar refractivity (Wildman–Crippen MR) is 47.4 cm³/mol. The molecular weight excluding hydrogens is 150 g/mol. The number of hydrogen-bond acceptors (Lipinski definition) is 3. The average Bonchev–Trinajstić information content (AvgIpc) is 1.82. The Labute approximate surface area is 69.2 Å². The van der Waals surface area contributed by atoms with Crippen LogP contribution >= 0.6 is 12.4 Å². The molecule has 0 spiro atoms. The molecule has 0 aliphatic heterocycles. The lowest BCUT2D eigenvalue weighted by atomic mass is 10.1. The van der Waals surface area contributed by atoms with Gasteiger partial charge in [0.2, 0.25) is 0 Å². The lowest BCUT2D eigenvalue weighted by molar-refractivity contribution is 0.333. The monoisotopic (exact) mass is 167 g/mol. The third-order valence-corrected chi connectivity index (χ3v) is 1.29. The summed E-state index contributed by atoms with van der Waals surface area (Å²) in [6.07, 6.45) is 0. The molecule has 0 saturated carbocycles. The van der Waals surface area contributed by atoms with Crippen molar-refractivity contribution in [3.05, 3.63) is 0 Å². The quantitative estimate of drug-likeness (QED) is 0.594. The number of nitrogens with two attached hydrogens (primary N) is 2. The first kappa shape index (κ1) is 12.8. The Morgan fingerprint density at radius 3 is 1.70 bits per heavy atom. The molecule has 0 saturated heterocycles. The maximum atomic E-state index is 5.42. The van der Waals surface area contributed by atoms with Gasteiger partial charge in [0, 0.05) is 6.54 Å². The zero-order chi connectivity index (χ0) is 7.28. The lowest BCUT2D eigenvalue weighted by Gasteiger charge is -2.16. The Morgan fingerprint density at radius 1 is 1.20 bits per heavy atom. The van der Waals surface area contributed by atoms with E-state index in [0.717, 1.165) is 6.54 Å². The highest BCUT2D eigenvalue weighted by atomic mass is 35.5. The Hall–Kier alpha value is 0.170. The lowest BCUT2D eigenvalue weighted by Crippen LogP contribution is -2.32. The van der Waals surface area contributed by atoms with Crippen molar-refractivity contribution < 1.29 is 0 Å². The summed E-state index contributed by atoms with van der Waals surface area (Å²) in [6, 6.07) is 0. The minimum absolute atomic E-state index is 0. The van der Waals surface area contributed by atoms with Gasteiger partial charge in [0.1, 0.15) is 0 Å². The van der Waals surface area contributed by atoms with E-state index in [2.05, 4.69) is 4.90 Å². The topological polar surface area (TPSA) is 55.3 Å². The van der Waals surface area contributed by atoms with Gasteiger partial charge >= 0.3 is 0 Å². The molecule has 0 radical (unpaired) electrons. The molecule has 0 aliphatic rings. The maximum Gasteiger partial charge on any atom is 0.00277 e. The summed E-state index contributed by atoms with van der Waals surface area (Å²) >= 11 is 0. The zero-order valence-electron chi connectivity index (χ0n) is 6.71. The SMILES string of the molecule is CN(C)CC(CN)CN.Cl. The molecule has 0 bridgehead atoms. The van der Waals surface area contributed by atoms with Crippen molar-refractivity contribution in [3.8, 4) is 0 Å². The van der Waals surface area contributed by atoms with Gasteiger partial charge < -0.3 is 16.4 Å². The molecule has 0 unspecified atom stereocenters. The third-order valence-electron chi connectivity index (χ3n) is 1.29. The Bertz CT molecular complexity index is 64.0. The summed E-state index contributed by atoms with van der Waals surface area (Å²) in [6.45, 7) is 2.37. The van der Waals surface area contributed by atoms with Crippen LogP contribution in [0, 0.1) is 5.92 Å². The largest absolute Gasteiger partial charge is 0.330 e. The molecule has 10 heavy (non-hydrogen) atoms. The summed E-state index contributed by atoms with van der Waals surface area (Å²) in [5.74, 6) is 0.458. The first-order valence-electron chi connectivity index (χ1n) is 3.25. The summed E-state index contributed by atoms with van der Waals surface area (Å²) in [5, 5.41) is 0. The van der Waals surface area contributed by atoms with Crippen molar-refractivity contribution in [1.29, 1.82) is 0 Å². The highest BCUT2D eigenvalue weighted by Crippen LogP contribution is 1.90. The van der Waals surface area contributed by atoms with Gasteiger partial charge in [-0.3, -0.25) is 0 Å². The Kier molecular flexibility index (Phi) is 9.33. The number of hydrogen-bond donors (Lipinski definition) is 2. The van der Waals surface area contributed by atoms with E-state index in [0.29, 0.717) is 19.0 Å². The highest BCUT2D eigenvalue weighted by molar-refractivity contribution is 5.85. The van der Waals surface area contributed by atoms with Gasteiger partial charge in [-0.15, -0.1) is 12.4 Å². The van der Waals surface area contributed by atoms with Gasteiger partial charge in [0.15, 0.2) is 0 Å². The first-order chi connectivity index (χ1) is 4.20. The summed E-state index contributed by atoms with van der Waals surface area (Å²) in [5.41, 5.74) is 10.8. The van der Waals surface area contributed by atoms with Crippen LogP contribution in [0.25, 0.3) is 0 Å². The van der Waals surface area contributed by atoms with Crippen LogP contribution in [0.1, 0.15) is 0 Å². The van der Waals surface area contributed by atoms with Gasteiger partial charge in [-0.2, -0.15) is 0 Å². The van der Waals surface area contributed by atoms with Crippen LogP contribution < -0.4 is 11.5 Å². The van der Waals surface area contributed by atoms with E-state index in [-0.39, 0.29) is 12.4 Å². The van der Waals surface area contributed by atoms with E-state index in [4.69, 9.17) is 11.5 Å². The maximum absolute atomic E-state index is 5.42. The molecule has 4 heteroatoms. The van der Waals surface area contributed by atoms with Crippen LogP contribution in [0.5, 0.6) is 0 Å². The van der Waals surface area contributed by atoms with Gasteiger partial charge in [-0.25, -0.2) is 0 Å². The minimum atomic E-state index is 0. The third kappa shape index (κ3) is 6.29. The second-order valence-electron chi connectivity index (χ2n) is 2.60. The second-order valence-corrected chi connectivity index (χ2v) is 2.60. The average molecular weight is 168 g/mol. The van der Waals surface area contributed by atoms with E-state index in [9.17, 15) is 0 Å². The first-order valence-corrected chi connectivity index (χ1v) is 3.25. The van der Waals surface area contributed by atoms with E-state index >= 15 is 0 Å². The molecule has 0 aromatic carbocycles. The molecule has 4 N–H and O–H groups in total. The van der Waals surface area contributed by atoms with Crippen molar-refractivity contribution in [2.75, 3.05) is 33.7 Å². The van der Waals surface area contributed by atoms with Crippen LogP contribution in [-0.2, 0) is 0 Å². The van der Waals surface area contributed by atoms with Crippen molar-refractivity contribution in [1.82, 2.24) is 4.90 Å². The van der Waals surface area contributed by atoms with Gasteiger partial charge in [0.25, 0.3) is 0 Å². The van der Waals surface area contributed by atoms with E-state index in [1.165, 1.54) is 0 Å². The van der Waals surface area contributed by atoms with E-state index in [1.54, 1.807) is 0 Å². The van der Waals surface area contributed by atoms with Crippen molar-refractivity contribution in [2.45, 2.75) is 0 Å². The molecule has 0 heterocycles. The molecule has 64 valence electrons. The van der Waals surface area contributed by atoms with Gasteiger partial charge in [0.05, 0.1) is 0 Å². The molecule has 0 rings (SSSR count). The number of nitrogens with zero attached hydrogens (tertiary/aromatic N) is 1. The van der Waals surface area contributed by atoms with Crippen molar-refractivity contribution in [3.63, 3.8) is 0 Å². The van der Waals surface area contributed by atoms with Crippen LogP contribution in [0.4, 0.5) is 0 Å². The Morgan fingerprint density at radius 2 is 1.60 bits per heavy atom. The normalized spacial score (nSPS) is 10.2. The molecule has 0 aliphatic carbocycles.